The molecule has 0 aromatic carbocycles. The van der Waals surface area contributed by atoms with E-state index in [1.165, 1.54) is 12.8 Å². The average molecular weight is 237 g/mol. The summed E-state index contributed by atoms with van der Waals surface area (Å²) in [5.41, 5.74) is 0.356. The third-order valence-electron chi connectivity index (χ3n) is 4.61. The Hall–Kier alpha value is -0.340. The fraction of sp³-hybridized carbons (Fsp3) is 0.867. The minimum Gasteiger partial charge on any atom is -0.381 e. The van der Waals surface area contributed by atoms with E-state index in [1.54, 1.807) is 0 Å². The maximum Gasteiger partial charge on any atom is 0.0514 e. The first-order valence-electron chi connectivity index (χ1n) is 7.07. The van der Waals surface area contributed by atoms with Crippen molar-refractivity contribution in [2.45, 2.75) is 52.1 Å². The van der Waals surface area contributed by atoms with Gasteiger partial charge in [-0.05, 0) is 32.6 Å². The SMILES string of the molecule is CC(C)[C@H]1COCC[C@]12CC=CCN2C(C)C. The van der Waals surface area contributed by atoms with E-state index < -0.39 is 0 Å². The van der Waals surface area contributed by atoms with Crippen LogP contribution >= 0.6 is 0 Å². The zero-order valence-corrected chi connectivity index (χ0v) is 11.8. The molecule has 1 spiro atoms. The molecule has 2 heterocycles. The highest BCUT2D eigenvalue weighted by Gasteiger charge is 2.47. The van der Waals surface area contributed by atoms with Crippen LogP contribution in [0.4, 0.5) is 0 Å². The fourth-order valence-electron chi connectivity index (χ4n) is 3.72. The molecule has 0 aromatic heterocycles. The summed E-state index contributed by atoms with van der Waals surface area (Å²) in [5, 5.41) is 0. The van der Waals surface area contributed by atoms with Gasteiger partial charge in [0.05, 0.1) is 6.61 Å². The van der Waals surface area contributed by atoms with Crippen molar-refractivity contribution < 1.29 is 4.74 Å². The highest BCUT2D eigenvalue weighted by molar-refractivity contribution is 5.10. The normalized spacial score (nSPS) is 35.1. The monoisotopic (exact) mass is 237 g/mol. The smallest absolute Gasteiger partial charge is 0.0514 e. The predicted octanol–water partition coefficient (Wildman–Crippen LogP) is 3.09. The second kappa shape index (κ2) is 5.11. The highest BCUT2D eigenvalue weighted by atomic mass is 16.5. The topological polar surface area (TPSA) is 12.5 Å². The maximum atomic E-state index is 5.75. The van der Waals surface area contributed by atoms with Gasteiger partial charge in [0.2, 0.25) is 0 Å². The lowest BCUT2D eigenvalue weighted by molar-refractivity contribution is -0.101. The summed E-state index contributed by atoms with van der Waals surface area (Å²) in [6.45, 7) is 12.3. The zero-order valence-electron chi connectivity index (χ0n) is 11.8. The lowest BCUT2D eigenvalue weighted by Gasteiger charge is -2.55. The van der Waals surface area contributed by atoms with Crippen molar-refractivity contribution in [1.29, 1.82) is 0 Å². The first-order chi connectivity index (χ1) is 8.08. The van der Waals surface area contributed by atoms with Gasteiger partial charge >= 0.3 is 0 Å². The maximum absolute atomic E-state index is 5.75. The number of hydrogen-bond acceptors (Lipinski definition) is 2. The summed E-state index contributed by atoms with van der Waals surface area (Å²) < 4.78 is 5.75. The molecule has 2 aliphatic heterocycles. The molecule has 0 radical (unpaired) electrons. The van der Waals surface area contributed by atoms with E-state index in [2.05, 4.69) is 44.7 Å². The van der Waals surface area contributed by atoms with E-state index >= 15 is 0 Å². The van der Waals surface area contributed by atoms with Gasteiger partial charge in [0, 0.05) is 30.7 Å². The van der Waals surface area contributed by atoms with Crippen LogP contribution in [0.1, 0.15) is 40.5 Å². The van der Waals surface area contributed by atoms with Crippen molar-refractivity contribution in [3.05, 3.63) is 12.2 Å². The van der Waals surface area contributed by atoms with Gasteiger partial charge in [-0.3, -0.25) is 4.90 Å². The van der Waals surface area contributed by atoms with Crippen LogP contribution in [0.5, 0.6) is 0 Å². The molecule has 0 N–H and O–H groups in total. The first kappa shape index (κ1) is 13.1. The molecule has 0 unspecified atom stereocenters. The van der Waals surface area contributed by atoms with Crippen LogP contribution in [0.15, 0.2) is 12.2 Å². The molecule has 0 aliphatic carbocycles. The van der Waals surface area contributed by atoms with Gasteiger partial charge < -0.3 is 4.74 Å². The molecule has 2 heteroatoms. The highest BCUT2D eigenvalue weighted by Crippen LogP contribution is 2.42. The predicted molar refractivity (Wildman–Crippen MR) is 72.1 cm³/mol. The van der Waals surface area contributed by atoms with Crippen molar-refractivity contribution in [2.24, 2.45) is 11.8 Å². The molecule has 1 saturated heterocycles. The van der Waals surface area contributed by atoms with Crippen LogP contribution in [0.2, 0.25) is 0 Å². The van der Waals surface area contributed by atoms with E-state index in [4.69, 9.17) is 4.74 Å². The Morgan fingerprint density at radius 2 is 2.00 bits per heavy atom. The Labute approximate surface area is 106 Å². The number of nitrogens with zero attached hydrogens (tertiary/aromatic N) is 1. The Balaban J connectivity index is 2.30. The average Bonchev–Trinajstić information content (AvgIpc) is 2.29. The van der Waals surface area contributed by atoms with Crippen molar-refractivity contribution in [1.82, 2.24) is 4.90 Å². The van der Waals surface area contributed by atoms with E-state index in [9.17, 15) is 0 Å². The molecule has 0 saturated carbocycles. The summed E-state index contributed by atoms with van der Waals surface area (Å²) in [6.07, 6.45) is 7.12. The van der Waals surface area contributed by atoms with E-state index in [0.29, 0.717) is 23.4 Å². The van der Waals surface area contributed by atoms with E-state index in [0.717, 1.165) is 19.8 Å². The summed E-state index contributed by atoms with van der Waals surface area (Å²) in [4.78, 5) is 2.71. The van der Waals surface area contributed by atoms with Gasteiger partial charge in [0.25, 0.3) is 0 Å². The van der Waals surface area contributed by atoms with Crippen molar-refractivity contribution in [3.63, 3.8) is 0 Å². The van der Waals surface area contributed by atoms with Crippen molar-refractivity contribution in [3.8, 4) is 0 Å². The van der Waals surface area contributed by atoms with E-state index in [-0.39, 0.29) is 0 Å². The van der Waals surface area contributed by atoms with Crippen LogP contribution < -0.4 is 0 Å². The Kier molecular flexibility index (Phi) is 3.94. The van der Waals surface area contributed by atoms with Gasteiger partial charge in [-0.25, -0.2) is 0 Å². The third-order valence-corrected chi connectivity index (χ3v) is 4.61. The Morgan fingerprint density at radius 1 is 1.24 bits per heavy atom. The Morgan fingerprint density at radius 3 is 2.65 bits per heavy atom. The molecular weight excluding hydrogens is 210 g/mol. The standard InChI is InChI=1S/C15H27NO/c1-12(2)14-11-17-10-8-15(14)7-5-6-9-16(15)13(3)4/h5-6,12-14H,7-11H2,1-4H3/t14-,15-/m1/s1. The molecule has 2 nitrogen and oxygen atoms in total. The number of rotatable bonds is 2. The number of ether oxygens (including phenoxy) is 1. The lowest BCUT2D eigenvalue weighted by Crippen LogP contribution is -2.62. The molecule has 0 amide bonds. The Bertz CT molecular complexity index is 285. The minimum absolute atomic E-state index is 0.356. The van der Waals surface area contributed by atoms with Crippen LogP contribution in [0, 0.1) is 11.8 Å². The first-order valence-corrected chi connectivity index (χ1v) is 7.07. The molecule has 2 rings (SSSR count). The fourth-order valence-corrected chi connectivity index (χ4v) is 3.72. The van der Waals surface area contributed by atoms with Crippen LogP contribution in [0.25, 0.3) is 0 Å². The van der Waals surface area contributed by atoms with Gasteiger partial charge in [-0.15, -0.1) is 0 Å². The lowest BCUT2D eigenvalue weighted by atomic mass is 9.69. The summed E-state index contributed by atoms with van der Waals surface area (Å²) in [5.74, 6) is 1.37. The molecule has 0 aromatic rings. The summed E-state index contributed by atoms with van der Waals surface area (Å²) in [6, 6.07) is 0.624. The van der Waals surface area contributed by atoms with Crippen LogP contribution in [0.3, 0.4) is 0 Å². The second-order valence-electron chi connectivity index (χ2n) is 6.20. The number of hydrogen-bond donors (Lipinski definition) is 0. The molecule has 1 fully saturated rings. The molecule has 2 aliphatic rings. The zero-order chi connectivity index (χ0) is 12.5. The van der Waals surface area contributed by atoms with Crippen molar-refractivity contribution in [2.75, 3.05) is 19.8 Å². The van der Waals surface area contributed by atoms with E-state index in [1.807, 2.05) is 0 Å². The quantitative estimate of drug-likeness (QED) is 0.684. The largest absolute Gasteiger partial charge is 0.381 e. The van der Waals surface area contributed by atoms with Crippen LogP contribution in [-0.4, -0.2) is 36.2 Å². The molecule has 98 valence electrons. The molecule has 0 bridgehead atoms. The summed E-state index contributed by atoms with van der Waals surface area (Å²) in [7, 11) is 0. The molecule has 17 heavy (non-hydrogen) atoms. The van der Waals surface area contributed by atoms with Gasteiger partial charge in [0.1, 0.15) is 0 Å². The second-order valence-corrected chi connectivity index (χ2v) is 6.20. The van der Waals surface area contributed by atoms with Crippen molar-refractivity contribution >= 4 is 0 Å². The van der Waals surface area contributed by atoms with Crippen LogP contribution in [-0.2, 0) is 4.74 Å². The van der Waals surface area contributed by atoms with Gasteiger partial charge in [-0.2, -0.15) is 0 Å². The third kappa shape index (κ3) is 2.30. The van der Waals surface area contributed by atoms with Gasteiger partial charge in [-0.1, -0.05) is 26.0 Å². The molecular formula is C15H27NO. The summed E-state index contributed by atoms with van der Waals surface area (Å²) >= 11 is 0. The van der Waals surface area contributed by atoms with Gasteiger partial charge in [0.15, 0.2) is 0 Å². The molecule has 2 atom stereocenters. The minimum atomic E-state index is 0.356.